The molecule has 7 nitrogen and oxygen atoms in total. The number of nitrogens with one attached hydrogen (secondary N) is 2. The van der Waals surface area contributed by atoms with Crippen LogP contribution in [-0.2, 0) is 11.3 Å². The molecule has 0 saturated carbocycles. The highest BCUT2D eigenvalue weighted by molar-refractivity contribution is 7.99. The molecule has 1 aromatic heterocycles. The van der Waals surface area contributed by atoms with Gasteiger partial charge in [-0.05, 0) is 57.9 Å². The molecule has 3 aromatic rings. The number of benzene rings is 2. The smallest absolute Gasteiger partial charge is 0.252 e. The quantitative estimate of drug-likeness (QED) is 0.494. The summed E-state index contributed by atoms with van der Waals surface area (Å²) in [7, 11) is 0. The first-order chi connectivity index (χ1) is 15.3. The Balaban J connectivity index is 1.64. The van der Waals surface area contributed by atoms with E-state index in [1.165, 1.54) is 11.8 Å². The zero-order valence-electron chi connectivity index (χ0n) is 19.1. The highest BCUT2D eigenvalue weighted by Crippen LogP contribution is 2.22. The van der Waals surface area contributed by atoms with Gasteiger partial charge >= 0.3 is 0 Å². The van der Waals surface area contributed by atoms with Crippen molar-refractivity contribution in [3.63, 3.8) is 0 Å². The van der Waals surface area contributed by atoms with E-state index in [0.29, 0.717) is 23.1 Å². The second-order valence-corrected chi connectivity index (χ2v) is 8.69. The van der Waals surface area contributed by atoms with Crippen LogP contribution in [0.1, 0.15) is 52.8 Å². The Bertz CT molecular complexity index is 1130. The maximum absolute atomic E-state index is 12.7. The molecular weight excluding hydrogens is 422 g/mol. The topological polar surface area (TPSA) is 88.9 Å². The van der Waals surface area contributed by atoms with Crippen molar-refractivity contribution in [2.75, 3.05) is 11.1 Å². The minimum atomic E-state index is -0.326. The van der Waals surface area contributed by atoms with Gasteiger partial charge in [-0.1, -0.05) is 47.7 Å². The van der Waals surface area contributed by atoms with Crippen LogP contribution in [0.4, 0.5) is 5.69 Å². The van der Waals surface area contributed by atoms with E-state index in [-0.39, 0.29) is 23.6 Å². The fraction of sp³-hybridized carbons (Fsp3) is 0.333. The van der Waals surface area contributed by atoms with Gasteiger partial charge in [-0.25, -0.2) is 0 Å². The minimum Gasteiger partial charge on any atom is -0.342 e. The van der Waals surface area contributed by atoms with E-state index in [9.17, 15) is 9.59 Å². The zero-order valence-corrected chi connectivity index (χ0v) is 19.9. The van der Waals surface area contributed by atoms with Crippen molar-refractivity contribution in [1.29, 1.82) is 0 Å². The highest BCUT2D eigenvalue weighted by Gasteiger charge is 2.20. The number of thioether (sulfide) groups is 1. The molecular formula is C24H29N5O2S. The molecule has 0 radical (unpaired) electrons. The van der Waals surface area contributed by atoms with Crippen molar-refractivity contribution in [2.45, 2.75) is 52.4 Å². The van der Waals surface area contributed by atoms with Gasteiger partial charge in [0.2, 0.25) is 5.91 Å². The molecule has 3 rings (SSSR count). The van der Waals surface area contributed by atoms with Crippen LogP contribution in [0.25, 0.3) is 0 Å². The van der Waals surface area contributed by atoms with E-state index < -0.39 is 0 Å². The number of rotatable bonds is 8. The molecule has 0 aliphatic rings. The normalized spacial score (nSPS) is 11.8. The molecule has 0 saturated heterocycles. The first kappa shape index (κ1) is 23.5. The van der Waals surface area contributed by atoms with Crippen LogP contribution in [0, 0.1) is 20.8 Å². The van der Waals surface area contributed by atoms with Crippen LogP contribution < -0.4 is 10.6 Å². The number of amides is 2. The average Bonchev–Trinajstić information content (AvgIpc) is 3.17. The number of hydrogen-bond donors (Lipinski definition) is 2. The SMILES string of the molecule is CCn1c(SCC(=O)Nc2ccc(C)cc2C)nnc1[C@@H](C)NC(=O)c1ccccc1C. The molecule has 32 heavy (non-hydrogen) atoms. The molecule has 0 spiro atoms. The van der Waals surface area contributed by atoms with Crippen LogP contribution >= 0.6 is 11.8 Å². The monoisotopic (exact) mass is 451 g/mol. The molecule has 2 aromatic carbocycles. The molecule has 0 aliphatic carbocycles. The maximum atomic E-state index is 12.7. The number of hydrogen-bond acceptors (Lipinski definition) is 5. The number of aromatic nitrogens is 3. The van der Waals surface area contributed by atoms with Crippen molar-refractivity contribution >= 4 is 29.3 Å². The van der Waals surface area contributed by atoms with Crippen molar-refractivity contribution < 1.29 is 9.59 Å². The molecule has 2 amide bonds. The number of carbonyl (C=O) groups is 2. The van der Waals surface area contributed by atoms with Crippen LogP contribution in [0.15, 0.2) is 47.6 Å². The first-order valence-electron chi connectivity index (χ1n) is 10.6. The van der Waals surface area contributed by atoms with E-state index in [1.54, 1.807) is 6.07 Å². The van der Waals surface area contributed by atoms with Gasteiger partial charge in [0.25, 0.3) is 5.91 Å². The third-order valence-corrected chi connectivity index (χ3v) is 6.14. The molecule has 168 valence electrons. The summed E-state index contributed by atoms with van der Waals surface area (Å²) in [6.07, 6.45) is 0. The van der Waals surface area contributed by atoms with Gasteiger partial charge in [-0.3, -0.25) is 9.59 Å². The molecule has 1 heterocycles. The molecule has 8 heteroatoms. The zero-order chi connectivity index (χ0) is 23.3. The van der Waals surface area contributed by atoms with Crippen molar-refractivity contribution in [1.82, 2.24) is 20.1 Å². The molecule has 2 N–H and O–H groups in total. The van der Waals surface area contributed by atoms with E-state index in [4.69, 9.17) is 0 Å². The Morgan fingerprint density at radius 3 is 2.50 bits per heavy atom. The lowest BCUT2D eigenvalue weighted by Gasteiger charge is -2.16. The van der Waals surface area contributed by atoms with Gasteiger partial charge in [0, 0.05) is 17.8 Å². The first-order valence-corrected chi connectivity index (χ1v) is 11.6. The van der Waals surface area contributed by atoms with E-state index in [1.807, 2.05) is 75.6 Å². The summed E-state index contributed by atoms with van der Waals surface area (Å²) >= 11 is 1.33. The lowest BCUT2D eigenvalue weighted by Crippen LogP contribution is -2.29. The van der Waals surface area contributed by atoms with E-state index >= 15 is 0 Å². The van der Waals surface area contributed by atoms with Crippen molar-refractivity contribution in [2.24, 2.45) is 0 Å². The van der Waals surface area contributed by atoms with E-state index in [2.05, 4.69) is 20.8 Å². The Hall–Kier alpha value is -3.13. The van der Waals surface area contributed by atoms with Gasteiger partial charge in [-0.15, -0.1) is 10.2 Å². The van der Waals surface area contributed by atoms with Gasteiger partial charge in [-0.2, -0.15) is 0 Å². The fourth-order valence-electron chi connectivity index (χ4n) is 3.46. The van der Waals surface area contributed by atoms with Crippen LogP contribution in [0.2, 0.25) is 0 Å². The Labute approximate surface area is 193 Å². The summed E-state index contributed by atoms with van der Waals surface area (Å²) in [6.45, 7) is 10.4. The second kappa shape index (κ2) is 10.5. The maximum Gasteiger partial charge on any atom is 0.252 e. The molecule has 0 bridgehead atoms. The summed E-state index contributed by atoms with van der Waals surface area (Å²) in [5.41, 5.74) is 4.55. The predicted octanol–water partition coefficient (Wildman–Crippen LogP) is 4.45. The predicted molar refractivity (Wildman–Crippen MR) is 128 cm³/mol. The largest absolute Gasteiger partial charge is 0.342 e. The summed E-state index contributed by atoms with van der Waals surface area (Å²) < 4.78 is 1.93. The lowest BCUT2D eigenvalue weighted by atomic mass is 10.1. The van der Waals surface area contributed by atoms with Gasteiger partial charge in [0.05, 0.1) is 11.8 Å². The third-order valence-electron chi connectivity index (χ3n) is 5.17. The van der Waals surface area contributed by atoms with Gasteiger partial charge in [0.15, 0.2) is 11.0 Å². The summed E-state index contributed by atoms with van der Waals surface area (Å²) in [4.78, 5) is 25.1. The number of nitrogens with zero attached hydrogens (tertiary/aromatic N) is 3. The Kier molecular flexibility index (Phi) is 7.69. The molecule has 0 fully saturated rings. The number of carbonyl (C=O) groups excluding carboxylic acids is 2. The van der Waals surface area contributed by atoms with Gasteiger partial charge < -0.3 is 15.2 Å². The highest BCUT2D eigenvalue weighted by atomic mass is 32.2. The number of anilines is 1. The summed E-state index contributed by atoms with van der Waals surface area (Å²) in [5, 5.41) is 15.1. The van der Waals surface area contributed by atoms with Crippen LogP contribution in [0.3, 0.4) is 0 Å². The van der Waals surface area contributed by atoms with Crippen LogP contribution in [0.5, 0.6) is 0 Å². The minimum absolute atomic E-state index is 0.102. The molecule has 0 unspecified atom stereocenters. The second-order valence-electron chi connectivity index (χ2n) is 7.75. The Morgan fingerprint density at radius 2 is 1.81 bits per heavy atom. The van der Waals surface area contributed by atoms with Crippen molar-refractivity contribution in [3.8, 4) is 0 Å². The fourth-order valence-corrected chi connectivity index (χ4v) is 4.27. The Morgan fingerprint density at radius 1 is 1.06 bits per heavy atom. The lowest BCUT2D eigenvalue weighted by molar-refractivity contribution is -0.113. The summed E-state index contributed by atoms with van der Waals surface area (Å²) in [6, 6.07) is 13.1. The molecule has 1 atom stereocenters. The standard InChI is InChI=1S/C24H29N5O2S/c1-6-29-22(18(5)25-23(31)19-10-8-7-9-16(19)3)27-28-24(29)32-14-21(30)26-20-12-11-15(2)13-17(20)4/h7-13,18H,6,14H2,1-5H3,(H,25,31)(H,26,30)/t18-/m1/s1. The number of aryl methyl sites for hydroxylation is 3. The van der Waals surface area contributed by atoms with Crippen molar-refractivity contribution in [3.05, 3.63) is 70.5 Å². The summed E-state index contributed by atoms with van der Waals surface area (Å²) in [5.74, 6) is 0.625. The van der Waals surface area contributed by atoms with E-state index in [0.717, 1.165) is 22.4 Å². The van der Waals surface area contributed by atoms with Crippen LogP contribution in [-0.4, -0.2) is 32.3 Å². The average molecular weight is 452 g/mol. The molecule has 0 aliphatic heterocycles. The van der Waals surface area contributed by atoms with Gasteiger partial charge in [0.1, 0.15) is 0 Å². The third kappa shape index (κ3) is 5.56.